The van der Waals surface area contributed by atoms with Gasteiger partial charge >= 0.3 is 0 Å². The van der Waals surface area contributed by atoms with E-state index in [0.29, 0.717) is 0 Å². The van der Waals surface area contributed by atoms with Gasteiger partial charge in [0.2, 0.25) is 0 Å². The predicted octanol–water partition coefficient (Wildman–Crippen LogP) is 2.46. The van der Waals surface area contributed by atoms with Crippen LogP contribution in [0.15, 0.2) is 24.7 Å². The van der Waals surface area contributed by atoms with Gasteiger partial charge in [-0.1, -0.05) is 13.8 Å². The fraction of sp³-hybridized carbons (Fsp3) is 0.364. The summed E-state index contributed by atoms with van der Waals surface area (Å²) in [6.45, 7) is 4.38. The minimum atomic E-state index is 1.05. The highest BCUT2D eigenvalue weighted by atomic mass is 15.0. The third-order valence-electron chi connectivity index (χ3n) is 2.47. The first-order valence-electron chi connectivity index (χ1n) is 4.79. The Morgan fingerprint density at radius 3 is 2.69 bits per heavy atom. The van der Waals surface area contributed by atoms with Crippen molar-refractivity contribution in [3.63, 3.8) is 0 Å². The Kier molecular flexibility index (Phi) is 2.05. The lowest BCUT2D eigenvalue weighted by molar-refractivity contribution is 0.997. The van der Waals surface area contributed by atoms with E-state index in [9.17, 15) is 0 Å². The van der Waals surface area contributed by atoms with Crippen LogP contribution in [0.5, 0.6) is 0 Å². The molecule has 0 saturated carbocycles. The van der Waals surface area contributed by atoms with Crippen LogP contribution in [-0.4, -0.2) is 9.38 Å². The Balaban J connectivity index is 2.67. The maximum Gasteiger partial charge on any atom is 0.136 e. The van der Waals surface area contributed by atoms with E-state index in [0.717, 1.165) is 18.5 Å². The van der Waals surface area contributed by atoms with E-state index in [-0.39, 0.29) is 0 Å². The van der Waals surface area contributed by atoms with Crippen LogP contribution in [0.25, 0.3) is 5.65 Å². The maximum absolute atomic E-state index is 4.27. The van der Waals surface area contributed by atoms with Crippen LogP contribution < -0.4 is 0 Å². The molecule has 0 aliphatic rings. The van der Waals surface area contributed by atoms with E-state index in [1.54, 1.807) is 0 Å². The zero-order valence-electron chi connectivity index (χ0n) is 8.12. The van der Waals surface area contributed by atoms with Crippen molar-refractivity contribution in [1.82, 2.24) is 9.38 Å². The summed E-state index contributed by atoms with van der Waals surface area (Å²) in [6, 6.07) is 2.18. The molecule has 0 fully saturated rings. The summed E-state index contributed by atoms with van der Waals surface area (Å²) >= 11 is 0. The first-order valence-corrected chi connectivity index (χ1v) is 4.79. The number of rotatable bonds is 2. The fourth-order valence-corrected chi connectivity index (χ4v) is 1.69. The molecule has 2 aromatic heterocycles. The summed E-state index contributed by atoms with van der Waals surface area (Å²) in [7, 11) is 0. The Bertz CT molecular complexity index is 377. The van der Waals surface area contributed by atoms with Crippen LogP contribution in [0.3, 0.4) is 0 Å². The molecule has 0 amide bonds. The van der Waals surface area contributed by atoms with Gasteiger partial charge in [-0.15, -0.1) is 0 Å². The predicted molar refractivity (Wildman–Crippen MR) is 53.9 cm³/mol. The van der Waals surface area contributed by atoms with Crippen LogP contribution in [0.1, 0.15) is 25.0 Å². The molecule has 2 aromatic rings. The largest absolute Gasteiger partial charge is 0.307 e. The number of nitrogens with zero attached hydrogens (tertiary/aromatic N) is 2. The number of fused-ring (bicyclic) bond motifs is 1. The van der Waals surface area contributed by atoms with Gasteiger partial charge in [0.1, 0.15) is 5.65 Å². The molecule has 0 bridgehead atoms. The molecule has 2 rings (SSSR count). The van der Waals surface area contributed by atoms with Crippen molar-refractivity contribution < 1.29 is 0 Å². The summed E-state index contributed by atoms with van der Waals surface area (Å²) in [5.74, 6) is 0. The lowest BCUT2D eigenvalue weighted by Crippen LogP contribution is -1.95. The second kappa shape index (κ2) is 3.21. The van der Waals surface area contributed by atoms with Crippen molar-refractivity contribution >= 4 is 5.65 Å². The van der Waals surface area contributed by atoms with Crippen LogP contribution >= 0.6 is 0 Å². The molecule has 2 heterocycles. The first kappa shape index (κ1) is 8.30. The molecule has 0 aromatic carbocycles. The number of aryl methyl sites for hydroxylation is 2. The van der Waals surface area contributed by atoms with E-state index in [2.05, 4.69) is 35.5 Å². The summed E-state index contributed by atoms with van der Waals surface area (Å²) < 4.78 is 2.08. The van der Waals surface area contributed by atoms with Gasteiger partial charge < -0.3 is 4.40 Å². The third-order valence-corrected chi connectivity index (χ3v) is 2.47. The standard InChI is InChI=1S/C11H14N2/c1-3-9-7-11-12-5-6-13(11)8-10(9)4-2/h5-8H,3-4H2,1-2H3. The average molecular weight is 174 g/mol. The molecule has 0 aliphatic heterocycles. The molecule has 0 aliphatic carbocycles. The summed E-state index contributed by atoms with van der Waals surface area (Å²) in [6.07, 6.45) is 8.20. The van der Waals surface area contributed by atoms with Gasteiger partial charge in [0.25, 0.3) is 0 Å². The smallest absolute Gasteiger partial charge is 0.136 e. The van der Waals surface area contributed by atoms with Crippen LogP contribution in [0.4, 0.5) is 0 Å². The van der Waals surface area contributed by atoms with E-state index < -0.39 is 0 Å². The average Bonchev–Trinajstić information content (AvgIpc) is 2.62. The number of imidazole rings is 1. The zero-order chi connectivity index (χ0) is 9.26. The Labute approximate surface area is 78.2 Å². The molecule has 0 spiro atoms. The highest BCUT2D eigenvalue weighted by molar-refractivity contribution is 5.44. The van der Waals surface area contributed by atoms with Crippen molar-refractivity contribution in [3.05, 3.63) is 35.8 Å². The normalized spacial score (nSPS) is 10.9. The Morgan fingerprint density at radius 2 is 2.00 bits per heavy atom. The van der Waals surface area contributed by atoms with E-state index >= 15 is 0 Å². The van der Waals surface area contributed by atoms with E-state index in [1.807, 2.05) is 12.4 Å². The molecule has 0 saturated heterocycles. The zero-order valence-corrected chi connectivity index (χ0v) is 8.12. The Hall–Kier alpha value is -1.31. The molecular formula is C11H14N2. The highest BCUT2D eigenvalue weighted by Crippen LogP contribution is 2.13. The molecule has 0 N–H and O–H groups in total. The molecule has 0 atom stereocenters. The maximum atomic E-state index is 4.27. The molecule has 68 valence electrons. The van der Waals surface area contributed by atoms with Crippen molar-refractivity contribution in [2.24, 2.45) is 0 Å². The second-order valence-corrected chi connectivity index (χ2v) is 3.22. The van der Waals surface area contributed by atoms with Crippen molar-refractivity contribution in [2.75, 3.05) is 0 Å². The van der Waals surface area contributed by atoms with Crippen molar-refractivity contribution in [1.29, 1.82) is 0 Å². The summed E-state index contributed by atoms with van der Waals surface area (Å²) in [4.78, 5) is 4.27. The SMILES string of the molecule is CCc1cc2nccn2cc1CC. The number of pyridine rings is 1. The molecule has 2 heteroatoms. The number of hydrogen-bond acceptors (Lipinski definition) is 1. The van der Waals surface area contributed by atoms with E-state index in [4.69, 9.17) is 0 Å². The van der Waals surface area contributed by atoms with Crippen molar-refractivity contribution in [3.8, 4) is 0 Å². The quantitative estimate of drug-likeness (QED) is 0.683. The summed E-state index contributed by atoms with van der Waals surface area (Å²) in [5, 5.41) is 0. The highest BCUT2D eigenvalue weighted by Gasteiger charge is 2.01. The number of hydrogen-bond donors (Lipinski definition) is 0. The van der Waals surface area contributed by atoms with Gasteiger partial charge in [-0.05, 0) is 30.0 Å². The Morgan fingerprint density at radius 1 is 1.23 bits per heavy atom. The first-order chi connectivity index (χ1) is 6.35. The van der Waals surface area contributed by atoms with Gasteiger partial charge in [0, 0.05) is 18.6 Å². The minimum absolute atomic E-state index is 1.05. The van der Waals surface area contributed by atoms with Gasteiger partial charge in [-0.25, -0.2) is 4.98 Å². The topological polar surface area (TPSA) is 17.3 Å². The molecule has 0 unspecified atom stereocenters. The lowest BCUT2D eigenvalue weighted by atomic mass is 10.1. The fourth-order valence-electron chi connectivity index (χ4n) is 1.69. The van der Waals surface area contributed by atoms with Crippen molar-refractivity contribution in [2.45, 2.75) is 26.7 Å². The van der Waals surface area contributed by atoms with Gasteiger partial charge in [-0.2, -0.15) is 0 Å². The molecular weight excluding hydrogens is 160 g/mol. The number of aromatic nitrogens is 2. The van der Waals surface area contributed by atoms with Crippen LogP contribution in [0, 0.1) is 0 Å². The molecule has 2 nitrogen and oxygen atoms in total. The van der Waals surface area contributed by atoms with Gasteiger partial charge in [0.15, 0.2) is 0 Å². The molecule has 13 heavy (non-hydrogen) atoms. The van der Waals surface area contributed by atoms with Gasteiger partial charge in [0.05, 0.1) is 0 Å². The second-order valence-electron chi connectivity index (χ2n) is 3.22. The van der Waals surface area contributed by atoms with E-state index in [1.165, 1.54) is 11.1 Å². The third kappa shape index (κ3) is 1.32. The minimum Gasteiger partial charge on any atom is -0.307 e. The molecule has 0 radical (unpaired) electrons. The van der Waals surface area contributed by atoms with Gasteiger partial charge in [-0.3, -0.25) is 0 Å². The van der Waals surface area contributed by atoms with Crippen LogP contribution in [0.2, 0.25) is 0 Å². The summed E-state index contributed by atoms with van der Waals surface area (Å²) in [5.41, 5.74) is 3.89. The lowest BCUT2D eigenvalue weighted by Gasteiger charge is -2.05. The van der Waals surface area contributed by atoms with Crippen LogP contribution in [-0.2, 0) is 12.8 Å². The monoisotopic (exact) mass is 174 g/mol.